The van der Waals surface area contributed by atoms with Gasteiger partial charge in [0, 0.05) is 12.4 Å². The summed E-state index contributed by atoms with van der Waals surface area (Å²) in [7, 11) is 0. The highest BCUT2D eigenvalue weighted by Gasteiger charge is 2.09. The molecular formula is C7H5N7O. The summed E-state index contributed by atoms with van der Waals surface area (Å²) in [6.07, 6.45) is 3.07. The lowest BCUT2D eigenvalue weighted by Crippen LogP contribution is -2.17. The number of hydrogen-bond donors (Lipinski definition) is 1. The fourth-order valence-electron chi connectivity index (χ4n) is 0.832. The van der Waals surface area contributed by atoms with Crippen molar-refractivity contribution in [1.82, 2.24) is 30.4 Å². The first-order chi connectivity index (χ1) is 7.27. The Labute approximate surface area is 83.6 Å². The molecule has 1 amide bonds. The van der Waals surface area contributed by atoms with Gasteiger partial charge in [-0.15, -0.1) is 20.4 Å². The van der Waals surface area contributed by atoms with Crippen LogP contribution in [0.15, 0.2) is 18.5 Å². The van der Waals surface area contributed by atoms with Crippen LogP contribution in [0.25, 0.3) is 11.6 Å². The van der Waals surface area contributed by atoms with Crippen LogP contribution in [0.2, 0.25) is 0 Å². The SMILES string of the molecule is NC(=O)c1nnc(-c2ncccn2)nn1. The van der Waals surface area contributed by atoms with Gasteiger partial charge in [-0.2, -0.15) is 0 Å². The topological polar surface area (TPSA) is 120 Å². The average Bonchev–Trinajstić information content (AvgIpc) is 2.30. The molecule has 0 saturated carbocycles. The number of nitrogens with two attached hydrogens (primary N) is 1. The molecule has 0 aromatic carbocycles. The maximum Gasteiger partial charge on any atom is 0.290 e. The van der Waals surface area contributed by atoms with E-state index < -0.39 is 5.91 Å². The van der Waals surface area contributed by atoms with Crippen molar-refractivity contribution in [2.24, 2.45) is 5.73 Å². The van der Waals surface area contributed by atoms with Gasteiger partial charge in [-0.3, -0.25) is 4.79 Å². The third-order valence-corrected chi connectivity index (χ3v) is 1.47. The maximum absolute atomic E-state index is 10.6. The summed E-state index contributed by atoms with van der Waals surface area (Å²) in [4.78, 5) is 18.4. The molecule has 2 aromatic rings. The number of rotatable bonds is 2. The summed E-state index contributed by atoms with van der Waals surface area (Å²) in [6.45, 7) is 0. The van der Waals surface area contributed by atoms with Crippen molar-refractivity contribution in [3.63, 3.8) is 0 Å². The van der Waals surface area contributed by atoms with E-state index >= 15 is 0 Å². The van der Waals surface area contributed by atoms with E-state index in [4.69, 9.17) is 5.73 Å². The minimum atomic E-state index is -0.782. The standard InChI is InChI=1S/C7H5N7O/c8-4(15)5-11-13-7(14-12-5)6-9-2-1-3-10-6/h1-3H,(H2,8,15). The minimum absolute atomic E-state index is 0.139. The Morgan fingerprint density at radius 2 is 1.60 bits per heavy atom. The molecule has 0 fully saturated rings. The van der Waals surface area contributed by atoms with Crippen molar-refractivity contribution in [2.75, 3.05) is 0 Å². The molecule has 15 heavy (non-hydrogen) atoms. The molecule has 2 heterocycles. The first-order valence-corrected chi connectivity index (χ1v) is 3.92. The molecular weight excluding hydrogens is 198 g/mol. The van der Waals surface area contributed by atoms with Crippen LogP contribution in [0.5, 0.6) is 0 Å². The van der Waals surface area contributed by atoms with Gasteiger partial charge in [-0.25, -0.2) is 9.97 Å². The monoisotopic (exact) mass is 203 g/mol. The summed E-state index contributed by atoms with van der Waals surface area (Å²) in [5.74, 6) is -0.598. The Kier molecular flexibility index (Phi) is 2.23. The molecule has 0 unspecified atom stereocenters. The highest BCUT2D eigenvalue weighted by atomic mass is 16.1. The van der Waals surface area contributed by atoms with E-state index in [-0.39, 0.29) is 17.5 Å². The number of aromatic nitrogens is 6. The molecule has 0 bridgehead atoms. The zero-order valence-corrected chi connectivity index (χ0v) is 7.40. The third kappa shape index (κ3) is 1.88. The molecule has 2 rings (SSSR count). The molecule has 8 heteroatoms. The van der Waals surface area contributed by atoms with Gasteiger partial charge in [0.25, 0.3) is 11.7 Å². The van der Waals surface area contributed by atoms with E-state index in [9.17, 15) is 4.79 Å². The second-order valence-electron chi connectivity index (χ2n) is 2.48. The summed E-state index contributed by atoms with van der Waals surface area (Å²) in [6, 6.07) is 1.65. The lowest BCUT2D eigenvalue weighted by Gasteiger charge is -1.95. The summed E-state index contributed by atoms with van der Waals surface area (Å²) >= 11 is 0. The fourth-order valence-corrected chi connectivity index (χ4v) is 0.832. The highest BCUT2D eigenvalue weighted by molar-refractivity contribution is 5.88. The van der Waals surface area contributed by atoms with Crippen molar-refractivity contribution >= 4 is 5.91 Å². The summed E-state index contributed by atoms with van der Waals surface area (Å²) in [5.41, 5.74) is 4.93. The van der Waals surface area contributed by atoms with Gasteiger partial charge in [0.2, 0.25) is 11.6 Å². The smallest absolute Gasteiger partial charge is 0.290 e. The average molecular weight is 203 g/mol. The molecule has 0 atom stereocenters. The zero-order valence-electron chi connectivity index (χ0n) is 7.40. The van der Waals surface area contributed by atoms with Crippen LogP contribution in [-0.2, 0) is 0 Å². The van der Waals surface area contributed by atoms with Gasteiger partial charge in [-0.05, 0) is 6.07 Å². The Hall–Kier alpha value is -2.51. The van der Waals surface area contributed by atoms with Crippen LogP contribution >= 0.6 is 0 Å². The van der Waals surface area contributed by atoms with Gasteiger partial charge < -0.3 is 5.73 Å². The van der Waals surface area contributed by atoms with Gasteiger partial charge in [0.15, 0.2) is 0 Å². The molecule has 74 valence electrons. The molecule has 8 nitrogen and oxygen atoms in total. The number of primary amides is 1. The van der Waals surface area contributed by atoms with E-state index in [1.54, 1.807) is 6.07 Å². The molecule has 0 aliphatic heterocycles. The Balaban J connectivity index is 2.36. The highest BCUT2D eigenvalue weighted by Crippen LogP contribution is 2.02. The van der Waals surface area contributed by atoms with Crippen LogP contribution in [0, 0.1) is 0 Å². The van der Waals surface area contributed by atoms with E-state index in [0.717, 1.165) is 0 Å². The second-order valence-corrected chi connectivity index (χ2v) is 2.48. The van der Waals surface area contributed by atoms with E-state index in [2.05, 4.69) is 30.4 Å². The first kappa shape index (κ1) is 9.06. The summed E-state index contributed by atoms with van der Waals surface area (Å²) in [5, 5.41) is 14.2. The van der Waals surface area contributed by atoms with Crippen molar-refractivity contribution < 1.29 is 4.79 Å². The Morgan fingerprint density at radius 3 is 2.13 bits per heavy atom. The lowest BCUT2D eigenvalue weighted by molar-refractivity contribution is 0.0988. The number of amides is 1. The Morgan fingerprint density at radius 1 is 1.00 bits per heavy atom. The number of hydrogen-bond acceptors (Lipinski definition) is 7. The van der Waals surface area contributed by atoms with Gasteiger partial charge in [0.1, 0.15) is 0 Å². The first-order valence-electron chi connectivity index (χ1n) is 3.92. The number of carbonyl (C=O) groups is 1. The van der Waals surface area contributed by atoms with Crippen molar-refractivity contribution in [3.05, 3.63) is 24.3 Å². The quantitative estimate of drug-likeness (QED) is 0.652. The van der Waals surface area contributed by atoms with Crippen LogP contribution in [0.1, 0.15) is 10.6 Å². The second kappa shape index (κ2) is 3.70. The maximum atomic E-state index is 10.6. The van der Waals surface area contributed by atoms with Crippen LogP contribution in [0.3, 0.4) is 0 Å². The number of carbonyl (C=O) groups excluding carboxylic acids is 1. The van der Waals surface area contributed by atoms with Crippen LogP contribution in [0.4, 0.5) is 0 Å². The third-order valence-electron chi connectivity index (χ3n) is 1.47. The zero-order chi connectivity index (χ0) is 10.7. The normalized spacial score (nSPS) is 9.87. The van der Waals surface area contributed by atoms with Gasteiger partial charge in [0.05, 0.1) is 0 Å². The largest absolute Gasteiger partial charge is 0.363 e. The predicted molar refractivity (Wildman–Crippen MR) is 47.2 cm³/mol. The fraction of sp³-hybridized carbons (Fsp3) is 0. The number of nitrogens with zero attached hydrogens (tertiary/aromatic N) is 6. The van der Waals surface area contributed by atoms with Crippen molar-refractivity contribution in [2.45, 2.75) is 0 Å². The van der Waals surface area contributed by atoms with Crippen LogP contribution in [-0.4, -0.2) is 36.3 Å². The molecule has 0 aliphatic carbocycles. The molecule has 0 spiro atoms. The minimum Gasteiger partial charge on any atom is -0.363 e. The summed E-state index contributed by atoms with van der Waals surface area (Å²) < 4.78 is 0. The van der Waals surface area contributed by atoms with E-state index in [1.807, 2.05) is 0 Å². The lowest BCUT2D eigenvalue weighted by atomic mass is 10.5. The van der Waals surface area contributed by atoms with Crippen molar-refractivity contribution in [3.8, 4) is 11.6 Å². The van der Waals surface area contributed by atoms with Crippen LogP contribution < -0.4 is 5.73 Å². The molecule has 0 radical (unpaired) electrons. The predicted octanol–water partition coefficient (Wildman–Crippen LogP) is -1.18. The van der Waals surface area contributed by atoms with Gasteiger partial charge >= 0.3 is 0 Å². The van der Waals surface area contributed by atoms with Crippen molar-refractivity contribution in [1.29, 1.82) is 0 Å². The molecule has 0 aliphatic rings. The van der Waals surface area contributed by atoms with E-state index in [0.29, 0.717) is 0 Å². The van der Waals surface area contributed by atoms with E-state index in [1.165, 1.54) is 12.4 Å². The van der Waals surface area contributed by atoms with Gasteiger partial charge in [-0.1, -0.05) is 0 Å². The molecule has 2 aromatic heterocycles. The molecule has 2 N–H and O–H groups in total. The Bertz CT molecular complexity index is 468. The molecule has 0 saturated heterocycles.